The molecule has 0 heterocycles. The lowest BCUT2D eigenvalue weighted by atomic mass is 9.96. The van der Waals surface area contributed by atoms with Gasteiger partial charge in [-0.05, 0) is 12.8 Å². The van der Waals surface area contributed by atoms with Crippen molar-refractivity contribution in [2.24, 2.45) is 0 Å². The Hall–Kier alpha value is -1.63. The Morgan fingerprint density at radius 1 is 0.541 bits per heavy atom. The molecule has 0 unspecified atom stereocenters. The summed E-state index contributed by atoms with van der Waals surface area (Å²) in [6.07, 6.45) is 21.3. The number of carboxylic acid groups (broad SMARTS) is 1. The number of esters is 2. The number of aliphatic hydroxyl groups is 1. The normalized spacial score (nSPS) is 11.4. The van der Waals surface area contributed by atoms with E-state index in [2.05, 4.69) is 13.8 Å². The standard InChI is InChI=1S/C30H56O7/c1-3-5-7-9-11-13-15-17-19-21-23-36-27(31)25-30(35,29(33)34)26-28(32)37-24-22-20-18-16-14-12-10-8-6-4-2/h35H,3-26H2,1-2H3,(H,33,34)/p-1. The van der Waals surface area contributed by atoms with Crippen LogP contribution in [0.4, 0.5) is 0 Å². The van der Waals surface area contributed by atoms with Gasteiger partial charge in [-0.25, -0.2) is 0 Å². The predicted octanol–water partition coefficient (Wildman–Crippen LogP) is 6.18. The smallest absolute Gasteiger partial charge is 0.309 e. The van der Waals surface area contributed by atoms with Crippen LogP contribution in [0.25, 0.3) is 0 Å². The molecule has 0 aliphatic carbocycles. The molecule has 0 saturated heterocycles. The largest absolute Gasteiger partial charge is 0.547 e. The topological polar surface area (TPSA) is 113 Å². The van der Waals surface area contributed by atoms with Gasteiger partial charge in [0, 0.05) is 0 Å². The second kappa shape index (κ2) is 24.7. The zero-order chi connectivity index (χ0) is 27.6. The highest BCUT2D eigenvalue weighted by atomic mass is 16.5. The molecule has 1 N–H and O–H groups in total. The first kappa shape index (κ1) is 35.4. The minimum Gasteiger partial charge on any atom is -0.547 e. The fraction of sp³-hybridized carbons (Fsp3) is 0.900. The van der Waals surface area contributed by atoms with E-state index in [-0.39, 0.29) is 13.2 Å². The molecule has 0 aliphatic heterocycles. The lowest BCUT2D eigenvalue weighted by molar-refractivity contribution is -0.325. The summed E-state index contributed by atoms with van der Waals surface area (Å²) in [5.41, 5.74) is -2.62. The molecule has 0 aromatic heterocycles. The van der Waals surface area contributed by atoms with Crippen molar-refractivity contribution in [3.8, 4) is 0 Å². The first-order chi connectivity index (χ1) is 17.9. The van der Waals surface area contributed by atoms with Crippen molar-refractivity contribution in [2.75, 3.05) is 13.2 Å². The average Bonchev–Trinajstić information content (AvgIpc) is 2.85. The molecule has 0 amide bonds. The first-order valence-electron chi connectivity index (χ1n) is 15.1. The van der Waals surface area contributed by atoms with E-state index in [9.17, 15) is 24.6 Å². The number of unbranched alkanes of at least 4 members (excludes halogenated alkanes) is 18. The van der Waals surface area contributed by atoms with Crippen LogP contribution < -0.4 is 5.11 Å². The second-order valence-corrected chi connectivity index (χ2v) is 10.5. The van der Waals surface area contributed by atoms with Crippen molar-refractivity contribution in [2.45, 2.75) is 161 Å². The van der Waals surface area contributed by atoms with E-state index in [0.717, 1.165) is 38.5 Å². The molecule has 0 radical (unpaired) electrons. The average molecular weight is 528 g/mol. The van der Waals surface area contributed by atoms with Gasteiger partial charge in [0.2, 0.25) is 0 Å². The van der Waals surface area contributed by atoms with Crippen molar-refractivity contribution in [1.82, 2.24) is 0 Å². The Labute approximate surface area is 226 Å². The number of ether oxygens (including phenoxy) is 2. The Morgan fingerprint density at radius 2 is 0.811 bits per heavy atom. The van der Waals surface area contributed by atoms with Gasteiger partial charge >= 0.3 is 11.9 Å². The summed E-state index contributed by atoms with van der Waals surface area (Å²) in [5.74, 6) is -3.59. The van der Waals surface area contributed by atoms with Gasteiger partial charge in [0.05, 0.1) is 32.0 Å². The maximum atomic E-state index is 12.0. The van der Waals surface area contributed by atoms with E-state index < -0.39 is 36.4 Å². The molecular formula is C30H55O7-. The molecule has 0 fully saturated rings. The van der Waals surface area contributed by atoms with Crippen LogP contribution in [-0.4, -0.2) is 41.8 Å². The summed E-state index contributed by atoms with van der Waals surface area (Å²) in [7, 11) is 0. The second-order valence-electron chi connectivity index (χ2n) is 10.5. The highest BCUT2D eigenvalue weighted by Crippen LogP contribution is 2.18. The highest BCUT2D eigenvalue weighted by molar-refractivity contribution is 5.87. The van der Waals surface area contributed by atoms with Gasteiger partial charge in [0.15, 0.2) is 0 Å². The van der Waals surface area contributed by atoms with Crippen molar-refractivity contribution in [3.05, 3.63) is 0 Å². The molecule has 7 heteroatoms. The van der Waals surface area contributed by atoms with Crippen molar-refractivity contribution in [3.63, 3.8) is 0 Å². The summed E-state index contributed by atoms with van der Waals surface area (Å²) in [6, 6.07) is 0. The van der Waals surface area contributed by atoms with Gasteiger partial charge < -0.3 is 24.5 Å². The summed E-state index contributed by atoms with van der Waals surface area (Å²) in [4.78, 5) is 35.5. The molecule has 0 bridgehead atoms. The molecule has 0 aliphatic rings. The molecule has 7 nitrogen and oxygen atoms in total. The summed E-state index contributed by atoms with van der Waals surface area (Å²) >= 11 is 0. The number of hydrogen-bond acceptors (Lipinski definition) is 7. The quantitative estimate of drug-likeness (QED) is 0.100. The van der Waals surface area contributed by atoms with Crippen molar-refractivity contribution >= 4 is 17.9 Å². The lowest BCUT2D eigenvalue weighted by Crippen LogP contribution is -2.51. The Bertz CT molecular complexity index is 536. The third kappa shape index (κ3) is 22.1. The van der Waals surface area contributed by atoms with E-state index in [1.54, 1.807) is 0 Å². The van der Waals surface area contributed by atoms with Crippen LogP contribution in [0.2, 0.25) is 0 Å². The molecular weight excluding hydrogens is 472 g/mol. The molecule has 0 aromatic rings. The molecule has 218 valence electrons. The minimum atomic E-state index is -2.62. The van der Waals surface area contributed by atoms with E-state index in [4.69, 9.17) is 9.47 Å². The van der Waals surface area contributed by atoms with E-state index in [1.165, 1.54) is 77.0 Å². The van der Waals surface area contributed by atoms with Gasteiger partial charge in [0.25, 0.3) is 0 Å². The third-order valence-electron chi connectivity index (χ3n) is 6.78. The van der Waals surface area contributed by atoms with E-state index in [0.29, 0.717) is 12.8 Å². The van der Waals surface area contributed by atoms with E-state index in [1.807, 2.05) is 0 Å². The number of carbonyl (C=O) groups excluding carboxylic acids is 3. The number of carbonyl (C=O) groups is 3. The fourth-order valence-corrected chi connectivity index (χ4v) is 4.34. The minimum absolute atomic E-state index is 0.168. The first-order valence-corrected chi connectivity index (χ1v) is 15.1. The highest BCUT2D eigenvalue weighted by Gasteiger charge is 2.36. The number of rotatable bonds is 27. The van der Waals surface area contributed by atoms with Gasteiger partial charge in [-0.3, -0.25) is 9.59 Å². The van der Waals surface area contributed by atoms with Gasteiger partial charge in [-0.15, -0.1) is 0 Å². The van der Waals surface area contributed by atoms with Crippen LogP contribution in [0.3, 0.4) is 0 Å². The molecule has 0 rings (SSSR count). The number of carboxylic acids is 1. The van der Waals surface area contributed by atoms with Gasteiger partial charge in [0.1, 0.15) is 5.60 Å². The molecule has 0 spiro atoms. The van der Waals surface area contributed by atoms with Crippen molar-refractivity contribution in [1.29, 1.82) is 0 Å². The van der Waals surface area contributed by atoms with Crippen LogP contribution in [0.1, 0.15) is 155 Å². The lowest BCUT2D eigenvalue weighted by Gasteiger charge is -2.27. The zero-order valence-corrected chi connectivity index (χ0v) is 23.9. The monoisotopic (exact) mass is 527 g/mol. The summed E-state index contributed by atoms with van der Waals surface area (Å²) < 4.78 is 10.1. The van der Waals surface area contributed by atoms with Gasteiger partial charge in [-0.2, -0.15) is 0 Å². The Kier molecular flexibility index (Phi) is 23.6. The molecule has 0 aromatic carbocycles. The Balaban J connectivity index is 3.91. The van der Waals surface area contributed by atoms with Crippen LogP contribution in [0, 0.1) is 0 Å². The van der Waals surface area contributed by atoms with Gasteiger partial charge in [-0.1, -0.05) is 129 Å². The fourth-order valence-electron chi connectivity index (χ4n) is 4.34. The number of hydrogen-bond donors (Lipinski definition) is 1. The van der Waals surface area contributed by atoms with Crippen LogP contribution in [-0.2, 0) is 23.9 Å². The van der Waals surface area contributed by atoms with Crippen LogP contribution in [0.5, 0.6) is 0 Å². The molecule has 0 saturated carbocycles. The third-order valence-corrected chi connectivity index (χ3v) is 6.78. The zero-order valence-electron chi connectivity index (χ0n) is 23.9. The number of aliphatic carboxylic acids is 1. The molecule has 37 heavy (non-hydrogen) atoms. The molecule has 0 atom stereocenters. The maximum Gasteiger partial charge on any atom is 0.309 e. The maximum absolute atomic E-state index is 12.0. The Morgan fingerprint density at radius 3 is 1.08 bits per heavy atom. The summed E-state index contributed by atoms with van der Waals surface area (Å²) in [6.45, 7) is 4.75. The van der Waals surface area contributed by atoms with Crippen LogP contribution in [0.15, 0.2) is 0 Å². The summed E-state index contributed by atoms with van der Waals surface area (Å²) in [5, 5.41) is 21.8. The SMILES string of the molecule is CCCCCCCCCCCCOC(=O)CC(O)(CC(=O)OCCCCCCCCCCCC)C(=O)[O-]. The predicted molar refractivity (Wildman–Crippen MR) is 145 cm³/mol. The van der Waals surface area contributed by atoms with E-state index >= 15 is 0 Å². The van der Waals surface area contributed by atoms with Crippen molar-refractivity contribution < 1.29 is 34.1 Å². The van der Waals surface area contributed by atoms with Crippen LogP contribution >= 0.6 is 0 Å².